The maximum Gasteiger partial charge on any atom is 0.410 e. The number of rotatable bonds is 5. The van der Waals surface area contributed by atoms with Crippen molar-refractivity contribution in [3.05, 3.63) is 66.7 Å². The first-order valence-electron chi connectivity index (χ1n) is 14.7. The zero-order valence-corrected chi connectivity index (χ0v) is 24.0. The molecule has 2 aromatic carbocycles. The molecule has 3 heterocycles. The lowest BCUT2D eigenvalue weighted by molar-refractivity contribution is -0.144. The number of methoxy groups -OCH3 is 1. The Hall–Kier alpha value is -4.60. The number of nitrogens with zero attached hydrogens (tertiary/aromatic N) is 2. The van der Waals surface area contributed by atoms with Crippen LogP contribution in [0.25, 0.3) is 22.2 Å². The first-order chi connectivity index (χ1) is 20.9. The molecular weight excluding hydrogens is 550 g/mol. The quantitative estimate of drug-likeness (QED) is 0.403. The summed E-state index contributed by atoms with van der Waals surface area (Å²) in [5.74, 6) is -0.674. The lowest BCUT2D eigenvalue weighted by Crippen LogP contribution is -2.53. The van der Waals surface area contributed by atoms with Crippen molar-refractivity contribution >= 4 is 28.9 Å². The van der Waals surface area contributed by atoms with Gasteiger partial charge in [0.05, 0.1) is 31.5 Å². The molecule has 0 bridgehead atoms. The molecule has 4 unspecified atom stereocenters. The van der Waals surface area contributed by atoms with E-state index in [1.807, 2.05) is 66.7 Å². The summed E-state index contributed by atoms with van der Waals surface area (Å²) in [5, 5.41) is 13.5. The molecule has 3 aromatic rings. The summed E-state index contributed by atoms with van der Waals surface area (Å²) >= 11 is 0. The Morgan fingerprint density at radius 3 is 2.74 bits per heavy atom. The minimum Gasteiger partial charge on any atom is -0.497 e. The Balaban J connectivity index is 1.30. The minimum absolute atomic E-state index is 0.112. The molecule has 43 heavy (non-hydrogen) atoms. The largest absolute Gasteiger partial charge is 0.497 e. The molecule has 4 atom stereocenters. The molecule has 2 N–H and O–H groups in total. The van der Waals surface area contributed by atoms with E-state index in [4.69, 9.17) is 19.2 Å². The number of carbonyl (C=O) groups is 3. The van der Waals surface area contributed by atoms with Gasteiger partial charge >= 0.3 is 12.1 Å². The normalized spacial score (nSPS) is 26.6. The fraction of sp³-hybridized carbons (Fsp3) is 0.394. The van der Waals surface area contributed by atoms with Gasteiger partial charge in [0, 0.05) is 35.4 Å². The van der Waals surface area contributed by atoms with Gasteiger partial charge in [-0.05, 0) is 44.2 Å². The highest BCUT2D eigenvalue weighted by Crippen LogP contribution is 2.45. The summed E-state index contributed by atoms with van der Waals surface area (Å²) in [4.78, 5) is 45.3. The Bertz CT molecular complexity index is 1560. The molecule has 10 heteroatoms. The van der Waals surface area contributed by atoms with Gasteiger partial charge in [-0.2, -0.15) is 0 Å². The van der Waals surface area contributed by atoms with Gasteiger partial charge in [0.25, 0.3) is 0 Å². The molecule has 1 saturated carbocycles. The van der Waals surface area contributed by atoms with E-state index in [2.05, 4.69) is 5.32 Å². The van der Waals surface area contributed by atoms with Crippen molar-refractivity contribution in [3.8, 4) is 22.8 Å². The first-order valence-corrected chi connectivity index (χ1v) is 14.7. The van der Waals surface area contributed by atoms with Crippen molar-refractivity contribution in [2.24, 2.45) is 5.92 Å². The summed E-state index contributed by atoms with van der Waals surface area (Å²) in [5.41, 5.74) is 0.924. The van der Waals surface area contributed by atoms with Crippen LogP contribution in [0.1, 0.15) is 38.5 Å². The molecule has 2 aliphatic heterocycles. The molecule has 0 radical (unpaired) electrons. The molecule has 1 saturated heterocycles. The van der Waals surface area contributed by atoms with Gasteiger partial charge in [-0.25, -0.2) is 14.6 Å². The number of carboxylic acids is 1. The summed E-state index contributed by atoms with van der Waals surface area (Å²) in [6, 6.07) is 16.2. The molecule has 6 rings (SSSR count). The SMILES string of the molecule is COc1ccc2c(OC3CC4C(=O)NC5(C(=O)O)CC5/C=C/CCCCCOC(=O)N4C3)cc(-c3ccccc3)nc2c1. The fourth-order valence-electron chi connectivity index (χ4n) is 5.98. The monoisotopic (exact) mass is 585 g/mol. The van der Waals surface area contributed by atoms with Crippen molar-refractivity contribution in [1.82, 2.24) is 15.2 Å². The Labute approximate surface area is 249 Å². The third kappa shape index (κ3) is 5.86. The summed E-state index contributed by atoms with van der Waals surface area (Å²) in [6.07, 6.45) is 6.52. The topological polar surface area (TPSA) is 127 Å². The number of pyridine rings is 1. The summed E-state index contributed by atoms with van der Waals surface area (Å²) < 4.78 is 17.5. The van der Waals surface area contributed by atoms with Crippen molar-refractivity contribution in [3.63, 3.8) is 0 Å². The number of benzene rings is 2. The predicted molar refractivity (Wildman–Crippen MR) is 159 cm³/mol. The van der Waals surface area contributed by atoms with Crippen LogP contribution in [0.3, 0.4) is 0 Å². The number of amides is 2. The van der Waals surface area contributed by atoms with Gasteiger partial charge in [-0.15, -0.1) is 0 Å². The van der Waals surface area contributed by atoms with E-state index in [9.17, 15) is 19.5 Å². The van der Waals surface area contributed by atoms with E-state index < -0.39 is 35.7 Å². The number of carboxylic acid groups (broad SMARTS) is 1. The van der Waals surface area contributed by atoms with Crippen molar-refractivity contribution < 1.29 is 33.7 Å². The zero-order valence-electron chi connectivity index (χ0n) is 24.0. The lowest BCUT2D eigenvalue weighted by Gasteiger charge is -2.24. The highest BCUT2D eigenvalue weighted by molar-refractivity contribution is 5.94. The van der Waals surface area contributed by atoms with E-state index in [0.29, 0.717) is 35.6 Å². The molecule has 2 fully saturated rings. The predicted octanol–water partition coefficient (Wildman–Crippen LogP) is 4.96. The molecule has 3 aliphatic rings. The molecule has 0 spiro atoms. The highest BCUT2D eigenvalue weighted by Gasteiger charge is 2.61. The molecule has 2 amide bonds. The number of fused-ring (bicyclic) bond motifs is 3. The van der Waals surface area contributed by atoms with Crippen LogP contribution in [0.2, 0.25) is 0 Å². The van der Waals surface area contributed by atoms with Gasteiger partial charge in [0.1, 0.15) is 29.2 Å². The highest BCUT2D eigenvalue weighted by atomic mass is 16.6. The standard InChI is InChI=1S/C33H35N3O7/c1-41-23-13-14-25-27(16-23)34-26(21-10-6-5-7-11-21)18-29(25)43-24-17-28-30(37)35-33(31(38)39)19-22(33)12-8-3-2-4-9-15-42-32(40)36(28)20-24/h5-8,10-14,16,18,22,24,28H,2-4,9,15,17,19-20H2,1H3,(H,35,37)(H,38,39)/b12-8+. The van der Waals surface area contributed by atoms with Crippen LogP contribution >= 0.6 is 0 Å². The number of nitrogens with one attached hydrogen (secondary N) is 1. The second-order valence-corrected chi connectivity index (χ2v) is 11.4. The van der Waals surface area contributed by atoms with E-state index >= 15 is 0 Å². The number of carbonyl (C=O) groups excluding carboxylic acids is 2. The maximum atomic E-state index is 13.6. The van der Waals surface area contributed by atoms with Crippen molar-refractivity contribution in [2.75, 3.05) is 20.3 Å². The van der Waals surface area contributed by atoms with Crippen LogP contribution in [-0.2, 0) is 14.3 Å². The van der Waals surface area contributed by atoms with Crippen LogP contribution in [0, 0.1) is 5.92 Å². The van der Waals surface area contributed by atoms with E-state index in [1.54, 1.807) is 7.11 Å². The third-order valence-corrected chi connectivity index (χ3v) is 8.49. The number of cyclic esters (lactones) is 1. The van der Waals surface area contributed by atoms with Crippen LogP contribution in [-0.4, -0.2) is 70.9 Å². The van der Waals surface area contributed by atoms with E-state index in [-0.39, 0.29) is 25.5 Å². The zero-order chi connectivity index (χ0) is 30.0. The first kappa shape index (κ1) is 28.5. The summed E-state index contributed by atoms with van der Waals surface area (Å²) in [7, 11) is 1.59. The van der Waals surface area contributed by atoms with Crippen molar-refractivity contribution in [2.45, 2.75) is 56.2 Å². The Kier molecular flexibility index (Phi) is 7.92. The number of allylic oxidation sites excluding steroid dienone is 1. The van der Waals surface area contributed by atoms with E-state index in [0.717, 1.165) is 30.2 Å². The fourth-order valence-corrected chi connectivity index (χ4v) is 5.98. The smallest absolute Gasteiger partial charge is 0.410 e. The van der Waals surface area contributed by atoms with Crippen LogP contribution in [0.15, 0.2) is 66.7 Å². The second-order valence-electron chi connectivity index (χ2n) is 11.4. The second kappa shape index (κ2) is 11.9. The molecule has 10 nitrogen and oxygen atoms in total. The van der Waals surface area contributed by atoms with Crippen LogP contribution in [0.4, 0.5) is 4.79 Å². The molecule has 1 aliphatic carbocycles. The summed E-state index contributed by atoms with van der Waals surface area (Å²) in [6.45, 7) is 0.360. The number of aliphatic carboxylic acids is 1. The molecule has 224 valence electrons. The van der Waals surface area contributed by atoms with Gasteiger partial charge in [0.15, 0.2) is 0 Å². The Morgan fingerprint density at radius 1 is 1.12 bits per heavy atom. The molecular formula is C33H35N3O7. The number of hydrogen-bond donors (Lipinski definition) is 2. The molecule has 1 aromatic heterocycles. The third-order valence-electron chi connectivity index (χ3n) is 8.49. The maximum absolute atomic E-state index is 13.6. The van der Waals surface area contributed by atoms with Gasteiger partial charge in [-0.3, -0.25) is 9.69 Å². The van der Waals surface area contributed by atoms with Gasteiger partial charge in [0.2, 0.25) is 5.91 Å². The Morgan fingerprint density at radius 2 is 1.95 bits per heavy atom. The van der Waals surface area contributed by atoms with Crippen LogP contribution < -0.4 is 14.8 Å². The number of aromatic nitrogens is 1. The van der Waals surface area contributed by atoms with Crippen LogP contribution in [0.5, 0.6) is 11.5 Å². The number of hydrogen-bond acceptors (Lipinski definition) is 7. The van der Waals surface area contributed by atoms with Crippen molar-refractivity contribution in [1.29, 1.82) is 0 Å². The van der Waals surface area contributed by atoms with Gasteiger partial charge < -0.3 is 24.6 Å². The van der Waals surface area contributed by atoms with E-state index in [1.165, 1.54) is 4.90 Å². The number of ether oxygens (including phenoxy) is 3. The average Bonchev–Trinajstić information content (AvgIpc) is 3.55. The average molecular weight is 586 g/mol. The minimum atomic E-state index is -1.37. The lowest BCUT2D eigenvalue weighted by atomic mass is 10.1. The van der Waals surface area contributed by atoms with Gasteiger partial charge in [-0.1, -0.05) is 42.5 Å².